The highest BCUT2D eigenvalue weighted by molar-refractivity contribution is 6.10. The second-order valence-corrected chi connectivity index (χ2v) is 4.55. The zero-order valence-electron chi connectivity index (χ0n) is 12.6. The van der Waals surface area contributed by atoms with E-state index in [9.17, 15) is 14.7 Å². The van der Waals surface area contributed by atoms with Gasteiger partial charge in [-0.15, -0.1) is 0 Å². The van der Waals surface area contributed by atoms with Crippen LogP contribution in [0.2, 0.25) is 0 Å². The van der Waals surface area contributed by atoms with Crippen molar-refractivity contribution in [1.29, 1.82) is 0 Å². The summed E-state index contributed by atoms with van der Waals surface area (Å²) in [6.45, 7) is 1.98. The second kappa shape index (κ2) is 7.79. The predicted molar refractivity (Wildman–Crippen MR) is 84.4 cm³/mol. The zero-order chi connectivity index (χ0) is 16.7. The highest BCUT2D eigenvalue weighted by atomic mass is 16.5. The van der Waals surface area contributed by atoms with Crippen LogP contribution in [0.3, 0.4) is 0 Å². The largest absolute Gasteiger partial charge is 0.507 e. The summed E-state index contributed by atoms with van der Waals surface area (Å²) in [5, 5.41) is 10.00. The van der Waals surface area contributed by atoms with Crippen LogP contribution in [0.4, 0.5) is 0 Å². The lowest BCUT2D eigenvalue weighted by Gasteiger charge is -2.06. The number of esters is 1. The molecule has 0 heterocycles. The van der Waals surface area contributed by atoms with Crippen LogP contribution >= 0.6 is 0 Å². The van der Waals surface area contributed by atoms with Gasteiger partial charge in [-0.3, -0.25) is 4.79 Å². The Morgan fingerprint density at radius 1 is 1.13 bits per heavy atom. The molecule has 0 spiro atoms. The molecule has 0 amide bonds. The summed E-state index contributed by atoms with van der Waals surface area (Å²) < 4.78 is 9.89. The first kappa shape index (κ1) is 16.3. The Kier molecular flexibility index (Phi) is 5.52. The molecule has 0 fully saturated rings. The lowest BCUT2D eigenvalue weighted by Crippen LogP contribution is -2.01. The van der Waals surface area contributed by atoms with Crippen molar-refractivity contribution in [2.45, 2.75) is 6.92 Å². The standard InChI is InChI=1S/C18H16O5/c1-2-22-17(20)10-11-23-14-8-9-15(16(19)12-14)18(21)13-6-4-3-5-7-13/h3-12,19H,2H2,1H3/b11-10+. The van der Waals surface area contributed by atoms with E-state index in [1.54, 1.807) is 31.2 Å². The van der Waals surface area contributed by atoms with Crippen molar-refractivity contribution in [3.63, 3.8) is 0 Å². The minimum atomic E-state index is -0.521. The van der Waals surface area contributed by atoms with Gasteiger partial charge >= 0.3 is 5.97 Å². The summed E-state index contributed by atoms with van der Waals surface area (Å²) in [7, 11) is 0. The maximum atomic E-state index is 12.3. The van der Waals surface area contributed by atoms with Gasteiger partial charge in [0.15, 0.2) is 5.78 Å². The van der Waals surface area contributed by atoms with E-state index in [-0.39, 0.29) is 23.7 Å². The molecule has 0 aliphatic rings. The normalized spacial score (nSPS) is 10.5. The number of hydrogen-bond donors (Lipinski definition) is 1. The fourth-order valence-electron chi connectivity index (χ4n) is 1.88. The van der Waals surface area contributed by atoms with Gasteiger partial charge in [0.1, 0.15) is 11.5 Å². The van der Waals surface area contributed by atoms with E-state index in [0.717, 1.165) is 12.3 Å². The lowest BCUT2D eigenvalue weighted by molar-refractivity contribution is -0.137. The van der Waals surface area contributed by atoms with E-state index in [4.69, 9.17) is 9.47 Å². The molecule has 0 atom stereocenters. The Hall–Kier alpha value is -3.08. The summed E-state index contributed by atoms with van der Waals surface area (Å²) in [4.78, 5) is 23.4. The summed E-state index contributed by atoms with van der Waals surface area (Å²) >= 11 is 0. The minimum absolute atomic E-state index is 0.179. The Morgan fingerprint density at radius 3 is 2.52 bits per heavy atom. The Bertz CT molecular complexity index is 719. The van der Waals surface area contributed by atoms with Gasteiger partial charge in [-0.1, -0.05) is 30.3 Å². The number of ether oxygens (including phenoxy) is 2. The van der Waals surface area contributed by atoms with Crippen molar-refractivity contribution in [3.05, 3.63) is 72.0 Å². The fraction of sp³-hybridized carbons (Fsp3) is 0.111. The number of hydrogen-bond acceptors (Lipinski definition) is 5. The summed E-state index contributed by atoms with van der Waals surface area (Å²) in [6.07, 6.45) is 2.29. The molecule has 5 heteroatoms. The highest BCUT2D eigenvalue weighted by Crippen LogP contribution is 2.26. The van der Waals surface area contributed by atoms with Crippen molar-refractivity contribution < 1.29 is 24.2 Å². The van der Waals surface area contributed by atoms with Gasteiger partial charge in [-0.25, -0.2) is 4.79 Å². The second-order valence-electron chi connectivity index (χ2n) is 4.55. The van der Waals surface area contributed by atoms with Crippen molar-refractivity contribution in [2.24, 2.45) is 0 Å². The first-order chi connectivity index (χ1) is 11.1. The summed E-state index contributed by atoms with van der Waals surface area (Å²) in [5.74, 6) is -0.696. The van der Waals surface area contributed by atoms with Gasteiger partial charge < -0.3 is 14.6 Å². The van der Waals surface area contributed by atoms with Crippen LogP contribution in [-0.2, 0) is 9.53 Å². The van der Waals surface area contributed by atoms with Gasteiger partial charge in [0.05, 0.1) is 24.5 Å². The molecule has 0 aliphatic heterocycles. The van der Waals surface area contributed by atoms with E-state index in [1.165, 1.54) is 18.2 Å². The van der Waals surface area contributed by atoms with Gasteiger partial charge in [-0.05, 0) is 19.1 Å². The first-order valence-corrected chi connectivity index (χ1v) is 7.04. The number of rotatable bonds is 6. The summed E-state index contributed by atoms with van der Waals surface area (Å²) in [5.41, 5.74) is 0.664. The predicted octanol–water partition coefficient (Wildman–Crippen LogP) is 3.08. The molecule has 0 aromatic heterocycles. The molecular formula is C18H16O5. The average Bonchev–Trinajstić information content (AvgIpc) is 2.55. The SMILES string of the molecule is CCOC(=O)/C=C/Oc1ccc(C(=O)c2ccccc2)c(O)c1. The molecule has 23 heavy (non-hydrogen) atoms. The first-order valence-electron chi connectivity index (χ1n) is 7.04. The van der Waals surface area contributed by atoms with Crippen LogP contribution in [0.5, 0.6) is 11.5 Å². The third kappa shape index (κ3) is 4.44. The van der Waals surface area contributed by atoms with E-state index in [1.807, 2.05) is 6.07 Å². The molecule has 2 aromatic carbocycles. The Balaban J connectivity index is 2.09. The lowest BCUT2D eigenvalue weighted by atomic mass is 10.0. The van der Waals surface area contributed by atoms with Crippen LogP contribution in [0.15, 0.2) is 60.9 Å². The van der Waals surface area contributed by atoms with E-state index in [2.05, 4.69) is 0 Å². The molecule has 2 aromatic rings. The topological polar surface area (TPSA) is 72.8 Å². The van der Waals surface area contributed by atoms with Gasteiger partial charge in [-0.2, -0.15) is 0 Å². The van der Waals surface area contributed by atoms with Crippen molar-refractivity contribution in [2.75, 3.05) is 6.61 Å². The molecular weight excluding hydrogens is 296 g/mol. The molecule has 118 valence electrons. The van der Waals surface area contributed by atoms with Gasteiger partial charge in [0.25, 0.3) is 0 Å². The Labute approximate surface area is 133 Å². The third-order valence-electron chi connectivity index (χ3n) is 2.94. The van der Waals surface area contributed by atoms with Crippen molar-refractivity contribution in [3.8, 4) is 11.5 Å². The van der Waals surface area contributed by atoms with Crippen LogP contribution in [0.1, 0.15) is 22.8 Å². The number of phenolic OH excluding ortho intramolecular Hbond substituents is 1. The number of carbonyl (C=O) groups excluding carboxylic acids is 2. The monoisotopic (exact) mass is 312 g/mol. The maximum absolute atomic E-state index is 12.3. The maximum Gasteiger partial charge on any atom is 0.333 e. The average molecular weight is 312 g/mol. The van der Waals surface area contributed by atoms with Crippen molar-refractivity contribution >= 4 is 11.8 Å². The van der Waals surface area contributed by atoms with E-state index >= 15 is 0 Å². The highest BCUT2D eigenvalue weighted by Gasteiger charge is 2.13. The number of phenols is 1. The molecule has 0 saturated heterocycles. The molecule has 0 saturated carbocycles. The van der Waals surface area contributed by atoms with Gasteiger partial charge in [0.2, 0.25) is 0 Å². The number of aromatic hydroxyl groups is 1. The zero-order valence-corrected chi connectivity index (χ0v) is 12.6. The van der Waals surface area contributed by atoms with Gasteiger partial charge in [0, 0.05) is 11.6 Å². The number of ketones is 1. The quantitative estimate of drug-likeness (QED) is 0.384. The molecule has 5 nitrogen and oxygen atoms in total. The van der Waals surface area contributed by atoms with Crippen LogP contribution in [0.25, 0.3) is 0 Å². The molecule has 1 N–H and O–H groups in total. The molecule has 0 aliphatic carbocycles. The molecule has 0 radical (unpaired) electrons. The molecule has 0 unspecified atom stereocenters. The number of benzene rings is 2. The van der Waals surface area contributed by atoms with Crippen LogP contribution in [-0.4, -0.2) is 23.5 Å². The fourth-order valence-corrected chi connectivity index (χ4v) is 1.88. The van der Waals surface area contributed by atoms with E-state index in [0.29, 0.717) is 11.3 Å². The summed E-state index contributed by atoms with van der Waals surface area (Å²) in [6, 6.07) is 13.0. The Morgan fingerprint density at radius 2 is 1.87 bits per heavy atom. The third-order valence-corrected chi connectivity index (χ3v) is 2.94. The molecule has 0 bridgehead atoms. The minimum Gasteiger partial charge on any atom is -0.507 e. The van der Waals surface area contributed by atoms with Crippen LogP contribution in [0, 0.1) is 0 Å². The van der Waals surface area contributed by atoms with Crippen LogP contribution < -0.4 is 4.74 Å². The van der Waals surface area contributed by atoms with Crippen molar-refractivity contribution in [1.82, 2.24) is 0 Å². The smallest absolute Gasteiger partial charge is 0.333 e. The number of carbonyl (C=O) groups is 2. The van der Waals surface area contributed by atoms with E-state index < -0.39 is 5.97 Å². The molecule has 2 rings (SSSR count).